The van der Waals surface area contributed by atoms with E-state index in [0.717, 1.165) is 16.5 Å². The number of hydrogen-bond donors (Lipinski definition) is 1. The number of amides is 1. The van der Waals surface area contributed by atoms with Gasteiger partial charge in [0.1, 0.15) is 0 Å². The van der Waals surface area contributed by atoms with Crippen molar-refractivity contribution < 1.29 is 13.2 Å². The summed E-state index contributed by atoms with van der Waals surface area (Å²) in [6, 6.07) is 14.1. The number of carbonyl (C=O) groups excluding carboxylic acids is 1. The van der Waals surface area contributed by atoms with E-state index < -0.39 is 10.0 Å². The monoisotopic (exact) mass is 344 g/mol. The molecule has 0 bridgehead atoms. The Bertz CT molecular complexity index is 857. The first-order chi connectivity index (χ1) is 11.3. The molecular formula is C18H20N2O3S. The zero-order valence-corrected chi connectivity index (χ0v) is 14.7. The summed E-state index contributed by atoms with van der Waals surface area (Å²) in [4.78, 5) is 13.5. The van der Waals surface area contributed by atoms with Gasteiger partial charge in [-0.1, -0.05) is 36.4 Å². The van der Waals surface area contributed by atoms with Crippen LogP contribution in [0.2, 0.25) is 0 Å². The molecule has 1 amide bonds. The molecule has 24 heavy (non-hydrogen) atoms. The van der Waals surface area contributed by atoms with Crippen molar-refractivity contribution in [2.24, 2.45) is 0 Å². The van der Waals surface area contributed by atoms with Gasteiger partial charge in [-0.3, -0.25) is 9.52 Å². The van der Waals surface area contributed by atoms with Crippen molar-refractivity contribution in [3.05, 3.63) is 70.6 Å². The topological polar surface area (TPSA) is 66.5 Å². The number of anilines is 1. The summed E-state index contributed by atoms with van der Waals surface area (Å²) in [6.07, 6.45) is 1.52. The van der Waals surface area contributed by atoms with Gasteiger partial charge in [0.05, 0.1) is 11.1 Å². The Morgan fingerprint density at radius 3 is 2.38 bits per heavy atom. The van der Waals surface area contributed by atoms with Crippen LogP contribution in [0.15, 0.2) is 53.9 Å². The average molecular weight is 344 g/mol. The molecule has 0 spiro atoms. The van der Waals surface area contributed by atoms with Crippen LogP contribution in [-0.4, -0.2) is 33.3 Å². The Morgan fingerprint density at radius 1 is 1.08 bits per heavy atom. The van der Waals surface area contributed by atoms with E-state index in [-0.39, 0.29) is 5.91 Å². The van der Waals surface area contributed by atoms with Gasteiger partial charge in [0.2, 0.25) is 0 Å². The second-order valence-electron chi connectivity index (χ2n) is 5.59. The van der Waals surface area contributed by atoms with E-state index in [1.165, 1.54) is 11.0 Å². The van der Waals surface area contributed by atoms with Crippen LogP contribution in [-0.2, 0) is 10.0 Å². The highest BCUT2D eigenvalue weighted by Gasteiger charge is 2.13. The normalized spacial score (nSPS) is 11.5. The number of hydrogen-bond acceptors (Lipinski definition) is 3. The largest absolute Gasteiger partial charge is 0.345 e. The minimum absolute atomic E-state index is 0.185. The third-order valence-corrected chi connectivity index (χ3v) is 4.38. The lowest BCUT2D eigenvalue weighted by Crippen LogP contribution is -2.22. The molecule has 0 saturated carbocycles. The first kappa shape index (κ1) is 17.7. The second kappa shape index (κ2) is 7.31. The highest BCUT2D eigenvalue weighted by Crippen LogP contribution is 2.20. The molecule has 0 aromatic heterocycles. The van der Waals surface area contributed by atoms with E-state index in [0.29, 0.717) is 11.3 Å². The smallest absolute Gasteiger partial charge is 0.255 e. The fourth-order valence-corrected chi connectivity index (χ4v) is 2.97. The Morgan fingerprint density at radius 2 is 1.75 bits per heavy atom. The van der Waals surface area contributed by atoms with Crippen LogP contribution in [0.4, 0.5) is 5.69 Å². The maximum absolute atomic E-state index is 12.2. The summed E-state index contributed by atoms with van der Waals surface area (Å²) in [7, 11) is -0.379. The van der Waals surface area contributed by atoms with Gasteiger partial charge in [0, 0.05) is 19.7 Å². The van der Waals surface area contributed by atoms with E-state index in [1.54, 1.807) is 39.2 Å². The highest BCUT2D eigenvalue weighted by atomic mass is 32.2. The molecule has 2 aromatic rings. The Labute approximate surface area is 142 Å². The van der Waals surface area contributed by atoms with Crippen molar-refractivity contribution in [3.63, 3.8) is 0 Å². The van der Waals surface area contributed by atoms with Crippen LogP contribution in [0.1, 0.15) is 21.5 Å². The van der Waals surface area contributed by atoms with Gasteiger partial charge in [-0.2, -0.15) is 0 Å². The molecule has 0 atom stereocenters. The first-order valence-electron chi connectivity index (χ1n) is 7.37. The molecule has 0 fully saturated rings. The standard InChI is InChI=1S/C18H20N2O3S/c1-14-9-10-16(18(21)20(2)3)13-17(14)19-24(22,23)12-11-15-7-5-4-6-8-15/h4-13,19H,1-3H3/b12-11+. The van der Waals surface area contributed by atoms with Crippen molar-refractivity contribution in [2.75, 3.05) is 18.8 Å². The number of nitrogens with one attached hydrogen (secondary N) is 1. The van der Waals surface area contributed by atoms with Gasteiger partial charge in [0.25, 0.3) is 15.9 Å². The van der Waals surface area contributed by atoms with Crippen LogP contribution in [0.3, 0.4) is 0 Å². The third-order valence-electron chi connectivity index (χ3n) is 3.38. The van der Waals surface area contributed by atoms with E-state index in [4.69, 9.17) is 0 Å². The molecular weight excluding hydrogens is 324 g/mol. The summed E-state index contributed by atoms with van der Waals surface area (Å²) in [6.45, 7) is 1.78. The number of rotatable bonds is 5. The highest BCUT2D eigenvalue weighted by molar-refractivity contribution is 7.95. The second-order valence-corrected chi connectivity index (χ2v) is 7.16. The quantitative estimate of drug-likeness (QED) is 0.906. The van der Waals surface area contributed by atoms with Crippen molar-refractivity contribution in [3.8, 4) is 0 Å². The van der Waals surface area contributed by atoms with Crippen molar-refractivity contribution >= 4 is 27.7 Å². The predicted octanol–water partition coefficient (Wildman–Crippen LogP) is 3.11. The van der Waals surface area contributed by atoms with Crippen LogP contribution >= 0.6 is 0 Å². The van der Waals surface area contributed by atoms with Crippen LogP contribution in [0.5, 0.6) is 0 Å². The summed E-state index contributed by atoms with van der Waals surface area (Å²) < 4.78 is 27.0. The Hall–Kier alpha value is -2.60. The summed E-state index contributed by atoms with van der Waals surface area (Å²) in [5.41, 5.74) is 2.34. The van der Waals surface area contributed by atoms with Crippen LogP contribution in [0, 0.1) is 6.92 Å². The first-order valence-corrected chi connectivity index (χ1v) is 8.91. The summed E-state index contributed by atoms with van der Waals surface area (Å²) in [5.74, 6) is -0.185. The molecule has 126 valence electrons. The zero-order valence-electron chi connectivity index (χ0n) is 13.9. The number of carbonyl (C=O) groups is 1. The van der Waals surface area contributed by atoms with Gasteiger partial charge in [-0.05, 0) is 36.3 Å². The van der Waals surface area contributed by atoms with E-state index in [9.17, 15) is 13.2 Å². The Balaban J connectivity index is 2.24. The molecule has 2 rings (SSSR count). The molecule has 6 heteroatoms. The van der Waals surface area contributed by atoms with Crippen LogP contribution in [0.25, 0.3) is 6.08 Å². The van der Waals surface area contributed by atoms with Gasteiger partial charge < -0.3 is 4.90 Å². The number of sulfonamides is 1. The molecule has 0 unspecified atom stereocenters. The van der Waals surface area contributed by atoms with Gasteiger partial charge in [0.15, 0.2) is 0 Å². The number of nitrogens with zero attached hydrogens (tertiary/aromatic N) is 1. The maximum Gasteiger partial charge on any atom is 0.255 e. The van der Waals surface area contributed by atoms with E-state index in [2.05, 4.69) is 4.72 Å². The molecule has 0 aliphatic rings. The number of benzene rings is 2. The van der Waals surface area contributed by atoms with Crippen molar-refractivity contribution in [2.45, 2.75) is 6.92 Å². The minimum Gasteiger partial charge on any atom is -0.345 e. The lowest BCUT2D eigenvalue weighted by atomic mass is 10.1. The Kier molecular flexibility index (Phi) is 5.41. The maximum atomic E-state index is 12.2. The number of aryl methyl sites for hydroxylation is 1. The SMILES string of the molecule is Cc1ccc(C(=O)N(C)C)cc1NS(=O)(=O)/C=C/c1ccccc1. The predicted molar refractivity (Wildman–Crippen MR) is 97.2 cm³/mol. The molecule has 0 heterocycles. The molecule has 0 radical (unpaired) electrons. The fourth-order valence-electron chi connectivity index (χ4n) is 2.04. The molecule has 0 saturated heterocycles. The van der Waals surface area contributed by atoms with E-state index in [1.807, 2.05) is 30.3 Å². The molecule has 1 N–H and O–H groups in total. The molecule has 0 aliphatic heterocycles. The van der Waals surface area contributed by atoms with Crippen molar-refractivity contribution in [1.29, 1.82) is 0 Å². The lowest BCUT2D eigenvalue weighted by Gasteiger charge is -2.13. The van der Waals surface area contributed by atoms with Crippen LogP contribution < -0.4 is 4.72 Å². The molecule has 2 aromatic carbocycles. The minimum atomic E-state index is -3.67. The van der Waals surface area contributed by atoms with Gasteiger partial charge in [-0.25, -0.2) is 8.42 Å². The average Bonchev–Trinajstić information content (AvgIpc) is 2.55. The lowest BCUT2D eigenvalue weighted by molar-refractivity contribution is 0.0827. The van der Waals surface area contributed by atoms with Gasteiger partial charge >= 0.3 is 0 Å². The summed E-state index contributed by atoms with van der Waals surface area (Å²) >= 11 is 0. The summed E-state index contributed by atoms with van der Waals surface area (Å²) in [5, 5.41) is 1.11. The van der Waals surface area contributed by atoms with Crippen molar-refractivity contribution in [1.82, 2.24) is 4.90 Å². The molecule has 5 nitrogen and oxygen atoms in total. The zero-order chi connectivity index (χ0) is 17.7. The van der Waals surface area contributed by atoms with E-state index >= 15 is 0 Å². The third kappa shape index (κ3) is 4.70. The van der Waals surface area contributed by atoms with Gasteiger partial charge in [-0.15, -0.1) is 0 Å². The molecule has 0 aliphatic carbocycles. The fraction of sp³-hybridized carbons (Fsp3) is 0.167.